The maximum absolute atomic E-state index is 13.3. The molecule has 2 heterocycles. The molecule has 0 saturated carbocycles. The Balaban J connectivity index is 2.38. The Labute approximate surface area is 202 Å². The molecule has 0 aromatic carbocycles. The molecule has 2 unspecified atom stereocenters. The van der Waals surface area contributed by atoms with Gasteiger partial charge in [-0.25, -0.2) is 9.98 Å². The topological polar surface area (TPSA) is 137 Å². The van der Waals surface area contributed by atoms with E-state index in [0.717, 1.165) is 31.5 Å². The van der Waals surface area contributed by atoms with E-state index in [1.165, 1.54) is 12.3 Å². The van der Waals surface area contributed by atoms with Crippen molar-refractivity contribution in [1.82, 2.24) is 20.6 Å². The fourth-order valence-electron chi connectivity index (χ4n) is 3.80. The molecule has 11 heteroatoms. The van der Waals surface area contributed by atoms with Crippen molar-refractivity contribution < 1.29 is 13.2 Å². The van der Waals surface area contributed by atoms with Gasteiger partial charge in [0.1, 0.15) is 11.7 Å². The molecule has 0 amide bonds. The van der Waals surface area contributed by atoms with Crippen LogP contribution < -0.4 is 10.6 Å². The molecule has 0 aliphatic heterocycles. The molecule has 0 aliphatic rings. The second-order valence-corrected chi connectivity index (χ2v) is 8.05. The van der Waals surface area contributed by atoms with Crippen LogP contribution in [0, 0.1) is 34.0 Å². The van der Waals surface area contributed by atoms with Crippen LogP contribution in [0.4, 0.5) is 13.2 Å². The first-order chi connectivity index (χ1) is 16.7. The van der Waals surface area contributed by atoms with Gasteiger partial charge in [0.15, 0.2) is 0 Å². The van der Waals surface area contributed by atoms with Crippen molar-refractivity contribution in [2.24, 2.45) is 10.9 Å². The van der Waals surface area contributed by atoms with Gasteiger partial charge >= 0.3 is 6.18 Å². The first-order valence-corrected chi connectivity index (χ1v) is 11.3. The summed E-state index contributed by atoms with van der Waals surface area (Å²) in [5.41, 5.74) is -0.255. The van der Waals surface area contributed by atoms with E-state index in [4.69, 9.17) is 10.7 Å². The molecule has 35 heavy (non-hydrogen) atoms. The smallest absolute Gasteiger partial charge is 0.352 e. The second kappa shape index (κ2) is 12.7. The van der Waals surface area contributed by atoms with Gasteiger partial charge in [-0.1, -0.05) is 19.4 Å². The number of hydrogen-bond acceptors (Lipinski definition) is 5. The Morgan fingerprint density at radius 1 is 1.34 bits per heavy atom. The quantitative estimate of drug-likeness (QED) is 0.127. The zero-order valence-corrected chi connectivity index (χ0v) is 19.9. The molecule has 0 fully saturated rings. The largest absolute Gasteiger partial charge is 0.417 e. The van der Waals surface area contributed by atoms with Crippen molar-refractivity contribution in [1.29, 1.82) is 15.9 Å². The van der Waals surface area contributed by atoms with E-state index in [1.54, 1.807) is 6.92 Å². The second-order valence-electron chi connectivity index (χ2n) is 8.05. The zero-order chi connectivity index (χ0) is 26.0. The predicted molar refractivity (Wildman–Crippen MR) is 129 cm³/mol. The van der Waals surface area contributed by atoms with E-state index < -0.39 is 11.7 Å². The minimum Gasteiger partial charge on any atom is -0.352 e. The SMILES string of the molecule is C/C=C(C#N)\C(=N/C(=N)NC(C)C(CCC)CCNCC#N)c1c[nH]c2ncc(C(F)(F)F)cc12. The van der Waals surface area contributed by atoms with Crippen LogP contribution in [0.15, 0.2) is 35.1 Å². The Hall–Kier alpha value is -3.70. The number of pyridine rings is 1. The third kappa shape index (κ3) is 7.39. The van der Waals surface area contributed by atoms with Crippen molar-refractivity contribution in [2.45, 2.75) is 52.3 Å². The molecule has 0 spiro atoms. The molecule has 8 nitrogen and oxygen atoms in total. The van der Waals surface area contributed by atoms with Crippen LogP contribution >= 0.6 is 0 Å². The Bertz CT molecular complexity index is 1160. The number of H-pyrrole nitrogens is 1. The summed E-state index contributed by atoms with van der Waals surface area (Å²) in [6, 6.07) is 4.87. The normalized spacial score (nSPS) is 14.3. The molecule has 2 aromatic heterocycles. The van der Waals surface area contributed by atoms with Crippen molar-refractivity contribution in [3.63, 3.8) is 0 Å². The van der Waals surface area contributed by atoms with Crippen LogP contribution in [0.3, 0.4) is 0 Å². The van der Waals surface area contributed by atoms with E-state index in [0.29, 0.717) is 6.54 Å². The van der Waals surface area contributed by atoms with Crippen molar-refractivity contribution in [2.75, 3.05) is 13.1 Å². The molecule has 2 aromatic rings. The lowest BCUT2D eigenvalue weighted by atomic mass is 9.92. The summed E-state index contributed by atoms with van der Waals surface area (Å²) in [4.78, 5) is 11.0. The predicted octanol–water partition coefficient (Wildman–Crippen LogP) is 4.67. The summed E-state index contributed by atoms with van der Waals surface area (Å²) in [6.45, 7) is 6.54. The molecule has 4 N–H and O–H groups in total. The summed E-state index contributed by atoms with van der Waals surface area (Å²) < 4.78 is 39.8. The molecule has 2 rings (SSSR count). The number of aliphatic imine (C=N–C) groups is 1. The van der Waals surface area contributed by atoms with Gasteiger partial charge in [0.05, 0.1) is 29.5 Å². The lowest BCUT2D eigenvalue weighted by molar-refractivity contribution is -0.137. The molecular formula is C24H29F3N8. The fourth-order valence-corrected chi connectivity index (χ4v) is 3.80. The average Bonchev–Trinajstić information content (AvgIpc) is 3.23. The van der Waals surface area contributed by atoms with Crippen molar-refractivity contribution >= 4 is 22.7 Å². The van der Waals surface area contributed by atoms with Gasteiger partial charge < -0.3 is 15.6 Å². The summed E-state index contributed by atoms with van der Waals surface area (Å²) in [5.74, 6) is -0.00329. The third-order valence-electron chi connectivity index (χ3n) is 5.63. The van der Waals surface area contributed by atoms with Gasteiger partial charge in [-0.2, -0.15) is 23.7 Å². The van der Waals surface area contributed by atoms with Crippen LogP contribution in [-0.2, 0) is 6.18 Å². The van der Waals surface area contributed by atoms with Crippen LogP contribution in [0.1, 0.15) is 51.2 Å². The number of guanidine groups is 1. The van der Waals surface area contributed by atoms with Crippen LogP contribution in [0.25, 0.3) is 11.0 Å². The minimum absolute atomic E-state index is 0.0785. The zero-order valence-electron chi connectivity index (χ0n) is 19.9. The molecule has 0 aliphatic carbocycles. The number of nitrogens with one attached hydrogen (secondary N) is 4. The summed E-state index contributed by atoms with van der Waals surface area (Å²) in [6.07, 6.45) is 1.73. The lowest BCUT2D eigenvalue weighted by Gasteiger charge is -2.25. The molecule has 2 atom stereocenters. The van der Waals surface area contributed by atoms with Crippen LogP contribution in [0.5, 0.6) is 0 Å². The number of hydrogen-bond donors (Lipinski definition) is 4. The number of aromatic amines is 1. The highest BCUT2D eigenvalue weighted by Crippen LogP contribution is 2.32. The number of alkyl halides is 3. The van der Waals surface area contributed by atoms with E-state index >= 15 is 0 Å². The van der Waals surface area contributed by atoms with Gasteiger partial charge in [-0.15, -0.1) is 0 Å². The van der Waals surface area contributed by atoms with Gasteiger partial charge in [0, 0.05) is 29.4 Å². The number of allylic oxidation sites excluding steroid dienone is 2. The Kier molecular flexibility index (Phi) is 9.98. The summed E-state index contributed by atoms with van der Waals surface area (Å²) in [7, 11) is 0. The monoisotopic (exact) mass is 486 g/mol. The average molecular weight is 487 g/mol. The Morgan fingerprint density at radius 2 is 2.09 bits per heavy atom. The number of aromatic nitrogens is 2. The Morgan fingerprint density at radius 3 is 2.69 bits per heavy atom. The first kappa shape index (κ1) is 27.5. The molecule has 186 valence electrons. The summed E-state index contributed by atoms with van der Waals surface area (Å²) in [5, 5.41) is 32.9. The number of rotatable bonds is 10. The molecular weight excluding hydrogens is 457 g/mol. The van der Waals surface area contributed by atoms with E-state index in [9.17, 15) is 18.4 Å². The molecule has 0 saturated heterocycles. The van der Waals surface area contributed by atoms with Gasteiger partial charge in [-0.3, -0.25) is 5.41 Å². The van der Waals surface area contributed by atoms with E-state index in [-0.39, 0.29) is 52.3 Å². The number of fused-ring (bicyclic) bond motifs is 1. The van der Waals surface area contributed by atoms with Crippen molar-refractivity contribution in [3.05, 3.63) is 41.2 Å². The molecule has 0 radical (unpaired) electrons. The van der Waals surface area contributed by atoms with Crippen molar-refractivity contribution in [3.8, 4) is 12.1 Å². The standard InChI is InChI=1S/C24H29F3N8/c1-4-6-17(7-9-31-10-8-28)15(3)34-23(30)35-21(16(5-2)12-29)20-14-33-22-19(20)11-18(13-32-22)24(25,26)27/h5,11,13-15,17,31H,4,6-7,9-10H2,1-3H3,(H2,30,34)(H,32,33)/b16-5-,35-21+. The maximum atomic E-state index is 13.3. The van der Waals surface area contributed by atoms with Gasteiger partial charge in [0.25, 0.3) is 0 Å². The maximum Gasteiger partial charge on any atom is 0.417 e. The minimum atomic E-state index is -4.58. The number of nitriles is 2. The lowest BCUT2D eigenvalue weighted by Crippen LogP contribution is -2.38. The summed E-state index contributed by atoms with van der Waals surface area (Å²) >= 11 is 0. The van der Waals surface area contributed by atoms with E-state index in [1.807, 2.05) is 19.1 Å². The highest BCUT2D eigenvalue weighted by molar-refractivity contribution is 6.23. The number of nitrogens with zero attached hydrogens (tertiary/aromatic N) is 4. The fraction of sp³-hybridized carbons (Fsp3) is 0.458. The third-order valence-corrected chi connectivity index (χ3v) is 5.63. The van der Waals surface area contributed by atoms with Gasteiger partial charge in [-0.05, 0) is 45.2 Å². The molecule has 0 bridgehead atoms. The highest BCUT2D eigenvalue weighted by Gasteiger charge is 2.32. The first-order valence-electron chi connectivity index (χ1n) is 11.3. The van der Waals surface area contributed by atoms with Gasteiger partial charge in [0.2, 0.25) is 5.96 Å². The van der Waals surface area contributed by atoms with E-state index in [2.05, 4.69) is 32.5 Å². The number of halogens is 3. The van der Waals surface area contributed by atoms with Crippen LogP contribution in [0.2, 0.25) is 0 Å². The van der Waals surface area contributed by atoms with Crippen LogP contribution in [-0.4, -0.2) is 40.8 Å². The highest BCUT2D eigenvalue weighted by atomic mass is 19.4.